The van der Waals surface area contributed by atoms with Gasteiger partial charge in [0.2, 0.25) is 5.91 Å². The van der Waals surface area contributed by atoms with Crippen LogP contribution < -0.4 is 5.32 Å². The van der Waals surface area contributed by atoms with Gasteiger partial charge in [0.1, 0.15) is 5.82 Å². The average Bonchev–Trinajstić information content (AvgIpc) is 2.95. The van der Waals surface area contributed by atoms with E-state index in [2.05, 4.69) is 10.4 Å². The number of aliphatic carboxylic acids is 1. The van der Waals surface area contributed by atoms with E-state index in [0.29, 0.717) is 11.9 Å². The molecular formula is C12H17N3O3. The van der Waals surface area contributed by atoms with Gasteiger partial charge in [-0.15, -0.1) is 0 Å². The molecule has 1 saturated carbocycles. The molecule has 0 aromatic carbocycles. The SMILES string of the molecule is O=C(O)CCC(=O)Nc1ccnn1C1CCCC1. The van der Waals surface area contributed by atoms with Crippen LogP contribution in [0.2, 0.25) is 0 Å². The van der Waals surface area contributed by atoms with Crippen molar-refractivity contribution in [2.75, 3.05) is 5.32 Å². The molecule has 1 aromatic rings. The largest absolute Gasteiger partial charge is 0.481 e. The second-order valence-corrected chi connectivity index (χ2v) is 4.54. The first-order chi connectivity index (χ1) is 8.66. The highest BCUT2D eigenvalue weighted by Gasteiger charge is 2.20. The molecule has 0 aliphatic heterocycles. The summed E-state index contributed by atoms with van der Waals surface area (Å²) in [7, 11) is 0. The maximum absolute atomic E-state index is 11.6. The molecule has 1 aliphatic rings. The summed E-state index contributed by atoms with van der Waals surface area (Å²) in [6, 6.07) is 2.10. The number of carbonyl (C=O) groups is 2. The first kappa shape index (κ1) is 12.6. The predicted octanol–water partition coefficient (Wildman–Crippen LogP) is 1.80. The molecule has 2 N–H and O–H groups in total. The molecule has 1 aromatic heterocycles. The Morgan fingerprint density at radius 3 is 2.78 bits per heavy atom. The number of amides is 1. The van der Waals surface area contributed by atoms with Gasteiger partial charge in [0, 0.05) is 12.5 Å². The van der Waals surface area contributed by atoms with Crippen molar-refractivity contribution in [3.63, 3.8) is 0 Å². The van der Waals surface area contributed by atoms with Gasteiger partial charge in [-0.2, -0.15) is 5.10 Å². The smallest absolute Gasteiger partial charge is 0.303 e. The molecule has 0 atom stereocenters. The van der Waals surface area contributed by atoms with Crippen molar-refractivity contribution in [1.29, 1.82) is 0 Å². The standard InChI is InChI=1S/C12H17N3O3/c16-11(5-6-12(17)18)14-10-7-8-13-15(10)9-3-1-2-4-9/h7-9H,1-6H2,(H,14,16)(H,17,18). The Morgan fingerprint density at radius 1 is 1.39 bits per heavy atom. The van der Waals surface area contributed by atoms with Crippen LogP contribution >= 0.6 is 0 Å². The zero-order chi connectivity index (χ0) is 13.0. The molecule has 0 radical (unpaired) electrons. The number of nitrogens with one attached hydrogen (secondary N) is 1. The fraction of sp³-hybridized carbons (Fsp3) is 0.583. The van der Waals surface area contributed by atoms with Crippen molar-refractivity contribution in [3.05, 3.63) is 12.3 Å². The molecule has 6 heteroatoms. The molecule has 6 nitrogen and oxygen atoms in total. The maximum Gasteiger partial charge on any atom is 0.303 e. The van der Waals surface area contributed by atoms with Crippen molar-refractivity contribution in [1.82, 2.24) is 9.78 Å². The van der Waals surface area contributed by atoms with Crippen LogP contribution in [-0.2, 0) is 9.59 Å². The normalized spacial score (nSPS) is 15.8. The third-order valence-corrected chi connectivity index (χ3v) is 3.17. The second kappa shape index (κ2) is 5.66. The van der Waals surface area contributed by atoms with Gasteiger partial charge in [0.15, 0.2) is 0 Å². The highest BCUT2D eigenvalue weighted by molar-refractivity contribution is 5.91. The van der Waals surface area contributed by atoms with Crippen molar-refractivity contribution >= 4 is 17.7 Å². The summed E-state index contributed by atoms with van der Waals surface area (Å²) in [5, 5.41) is 15.5. The minimum atomic E-state index is -0.963. The monoisotopic (exact) mass is 251 g/mol. The Balaban J connectivity index is 1.94. The average molecular weight is 251 g/mol. The number of nitrogens with zero attached hydrogens (tertiary/aromatic N) is 2. The number of anilines is 1. The topological polar surface area (TPSA) is 84.2 Å². The van der Waals surface area contributed by atoms with E-state index in [0.717, 1.165) is 12.8 Å². The van der Waals surface area contributed by atoms with Gasteiger partial charge in [-0.1, -0.05) is 12.8 Å². The van der Waals surface area contributed by atoms with Gasteiger partial charge in [-0.3, -0.25) is 9.59 Å². The molecule has 0 saturated heterocycles. The van der Waals surface area contributed by atoms with E-state index < -0.39 is 5.97 Å². The lowest BCUT2D eigenvalue weighted by atomic mass is 10.2. The summed E-state index contributed by atoms with van der Waals surface area (Å²) >= 11 is 0. The Bertz CT molecular complexity index is 436. The van der Waals surface area contributed by atoms with Gasteiger partial charge < -0.3 is 10.4 Å². The Hall–Kier alpha value is -1.85. The van der Waals surface area contributed by atoms with E-state index >= 15 is 0 Å². The van der Waals surface area contributed by atoms with Crippen LogP contribution in [0.25, 0.3) is 0 Å². The maximum atomic E-state index is 11.6. The minimum absolute atomic E-state index is 0.00875. The number of hydrogen-bond acceptors (Lipinski definition) is 3. The van der Waals surface area contributed by atoms with Crippen LogP contribution in [0.1, 0.15) is 44.6 Å². The summed E-state index contributed by atoms with van der Waals surface area (Å²) in [4.78, 5) is 22.0. The van der Waals surface area contributed by atoms with Crippen LogP contribution in [0.3, 0.4) is 0 Å². The van der Waals surface area contributed by atoms with Crippen molar-refractivity contribution in [2.24, 2.45) is 0 Å². The molecule has 1 fully saturated rings. The molecule has 0 unspecified atom stereocenters. The molecule has 0 spiro atoms. The summed E-state index contributed by atoms with van der Waals surface area (Å²) in [6.07, 6.45) is 6.05. The Kier molecular flexibility index (Phi) is 3.96. The van der Waals surface area contributed by atoms with Gasteiger partial charge in [0.25, 0.3) is 0 Å². The number of hydrogen-bond donors (Lipinski definition) is 2. The lowest BCUT2D eigenvalue weighted by Crippen LogP contribution is -2.18. The highest BCUT2D eigenvalue weighted by Crippen LogP contribution is 2.31. The number of rotatable bonds is 5. The first-order valence-electron chi connectivity index (χ1n) is 6.22. The number of aromatic nitrogens is 2. The molecule has 2 rings (SSSR count). The van der Waals surface area contributed by atoms with Gasteiger partial charge in [-0.05, 0) is 12.8 Å². The van der Waals surface area contributed by atoms with E-state index in [-0.39, 0.29) is 18.7 Å². The third kappa shape index (κ3) is 3.09. The van der Waals surface area contributed by atoms with Crippen LogP contribution in [0.4, 0.5) is 5.82 Å². The Morgan fingerprint density at radius 2 is 2.11 bits per heavy atom. The molecule has 1 amide bonds. The minimum Gasteiger partial charge on any atom is -0.481 e. The number of carboxylic acids is 1. The molecule has 1 aliphatic carbocycles. The zero-order valence-electron chi connectivity index (χ0n) is 10.1. The van der Waals surface area contributed by atoms with Gasteiger partial charge in [0.05, 0.1) is 18.7 Å². The number of carboxylic acid groups (broad SMARTS) is 1. The van der Waals surface area contributed by atoms with Gasteiger partial charge >= 0.3 is 5.97 Å². The van der Waals surface area contributed by atoms with Crippen LogP contribution in [0.5, 0.6) is 0 Å². The van der Waals surface area contributed by atoms with Crippen molar-refractivity contribution in [3.8, 4) is 0 Å². The molecule has 98 valence electrons. The predicted molar refractivity (Wildman–Crippen MR) is 65.2 cm³/mol. The fourth-order valence-corrected chi connectivity index (χ4v) is 2.28. The van der Waals surface area contributed by atoms with E-state index in [1.165, 1.54) is 12.8 Å². The summed E-state index contributed by atoms with van der Waals surface area (Å²) < 4.78 is 1.84. The molecule has 18 heavy (non-hydrogen) atoms. The molecular weight excluding hydrogens is 234 g/mol. The van der Waals surface area contributed by atoms with Crippen LogP contribution in [-0.4, -0.2) is 26.8 Å². The fourth-order valence-electron chi connectivity index (χ4n) is 2.28. The molecule has 1 heterocycles. The van der Waals surface area contributed by atoms with E-state index in [1.807, 2.05) is 4.68 Å². The summed E-state index contributed by atoms with van der Waals surface area (Å²) in [6.45, 7) is 0. The summed E-state index contributed by atoms with van der Waals surface area (Å²) in [5.41, 5.74) is 0. The quantitative estimate of drug-likeness (QED) is 0.835. The lowest BCUT2D eigenvalue weighted by Gasteiger charge is -2.14. The Labute approximate surface area is 105 Å². The van der Waals surface area contributed by atoms with E-state index in [1.54, 1.807) is 12.3 Å². The zero-order valence-corrected chi connectivity index (χ0v) is 10.1. The van der Waals surface area contributed by atoms with Crippen LogP contribution in [0, 0.1) is 0 Å². The molecule has 0 bridgehead atoms. The first-order valence-corrected chi connectivity index (χ1v) is 6.22. The second-order valence-electron chi connectivity index (χ2n) is 4.54. The number of carbonyl (C=O) groups excluding carboxylic acids is 1. The van der Waals surface area contributed by atoms with E-state index in [4.69, 9.17) is 5.11 Å². The van der Waals surface area contributed by atoms with Crippen molar-refractivity contribution in [2.45, 2.75) is 44.6 Å². The van der Waals surface area contributed by atoms with Crippen LogP contribution in [0.15, 0.2) is 12.3 Å². The van der Waals surface area contributed by atoms with Crippen molar-refractivity contribution < 1.29 is 14.7 Å². The highest BCUT2D eigenvalue weighted by atomic mass is 16.4. The lowest BCUT2D eigenvalue weighted by molar-refractivity contribution is -0.138. The summed E-state index contributed by atoms with van der Waals surface area (Å²) in [5.74, 6) is -0.580. The van der Waals surface area contributed by atoms with Gasteiger partial charge in [-0.25, -0.2) is 4.68 Å². The third-order valence-electron chi connectivity index (χ3n) is 3.17. The van der Waals surface area contributed by atoms with E-state index in [9.17, 15) is 9.59 Å².